The number of aliphatic carboxylic acids is 1. The summed E-state index contributed by atoms with van der Waals surface area (Å²) in [5.74, 6) is -2.03. The maximum Gasteiger partial charge on any atom is 0.307 e. The van der Waals surface area contributed by atoms with Gasteiger partial charge in [-0.1, -0.05) is 26.7 Å². The van der Waals surface area contributed by atoms with E-state index in [1.165, 1.54) is 0 Å². The highest BCUT2D eigenvalue weighted by Crippen LogP contribution is 2.31. The fourth-order valence-corrected chi connectivity index (χ4v) is 2.93. The third-order valence-electron chi connectivity index (χ3n) is 4.89. The molecule has 1 aliphatic carbocycles. The summed E-state index contributed by atoms with van der Waals surface area (Å²) in [7, 11) is 0. The number of carbonyl (C=O) groups excluding carboxylic acids is 1. The zero-order chi connectivity index (χ0) is 15.2. The summed E-state index contributed by atoms with van der Waals surface area (Å²) in [5.41, 5.74) is -0.289. The number of aliphatic hydroxyl groups is 1. The minimum atomic E-state index is -0.871. The molecule has 0 radical (unpaired) electrons. The second-order valence-corrected chi connectivity index (χ2v) is 5.92. The molecule has 0 aromatic rings. The molecule has 0 saturated heterocycles. The van der Waals surface area contributed by atoms with Gasteiger partial charge in [-0.2, -0.15) is 0 Å². The van der Waals surface area contributed by atoms with Crippen molar-refractivity contribution >= 4 is 11.9 Å². The number of nitrogens with one attached hydrogen (secondary N) is 1. The van der Waals surface area contributed by atoms with E-state index in [1.54, 1.807) is 0 Å². The summed E-state index contributed by atoms with van der Waals surface area (Å²) in [5, 5.41) is 21.6. The van der Waals surface area contributed by atoms with Crippen molar-refractivity contribution in [3.8, 4) is 0 Å². The summed E-state index contributed by atoms with van der Waals surface area (Å²) in [6, 6.07) is 0. The minimum Gasteiger partial charge on any atom is -0.481 e. The Morgan fingerprint density at radius 1 is 1.15 bits per heavy atom. The fraction of sp³-hybridized carbons (Fsp3) is 0.867. The van der Waals surface area contributed by atoms with Crippen LogP contribution in [0.25, 0.3) is 0 Å². The largest absolute Gasteiger partial charge is 0.481 e. The predicted molar refractivity (Wildman–Crippen MR) is 76.2 cm³/mol. The van der Waals surface area contributed by atoms with Crippen LogP contribution < -0.4 is 5.32 Å². The Kier molecular flexibility index (Phi) is 6.46. The zero-order valence-electron chi connectivity index (χ0n) is 12.5. The Morgan fingerprint density at radius 2 is 1.70 bits per heavy atom. The molecule has 1 rings (SSSR count). The number of carboxylic acid groups (broad SMARTS) is 1. The molecule has 5 heteroatoms. The average Bonchev–Trinajstić information content (AvgIpc) is 2.49. The first-order valence-corrected chi connectivity index (χ1v) is 7.61. The van der Waals surface area contributed by atoms with Gasteiger partial charge in [-0.05, 0) is 25.7 Å². The van der Waals surface area contributed by atoms with Gasteiger partial charge in [0.05, 0.1) is 18.4 Å². The summed E-state index contributed by atoms with van der Waals surface area (Å²) >= 11 is 0. The quantitative estimate of drug-likeness (QED) is 0.665. The molecule has 0 aromatic carbocycles. The maximum atomic E-state index is 12.3. The van der Waals surface area contributed by atoms with Crippen LogP contribution in [-0.4, -0.2) is 35.2 Å². The van der Waals surface area contributed by atoms with Crippen molar-refractivity contribution in [1.82, 2.24) is 5.32 Å². The number of hydrogen-bond donors (Lipinski definition) is 3. The van der Waals surface area contributed by atoms with Crippen LogP contribution >= 0.6 is 0 Å². The van der Waals surface area contributed by atoms with Gasteiger partial charge in [0.2, 0.25) is 5.91 Å². The van der Waals surface area contributed by atoms with Gasteiger partial charge in [0.25, 0.3) is 0 Å². The van der Waals surface area contributed by atoms with Crippen LogP contribution in [-0.2, 0) is 9.59 Å². The van der Waals surface area contributed by atoms with Gasteiger partial charge in [0.1, 0.15) is 0 Å². The Balaban J connectivity index is 2.62. The van der Waals surface area contributed by atoms with Crippen LogP contribution in [0.1, 0.15) is 52.4 Å². The van der Waals surface area contributed by atoms with Crippen molar-refractivity contribution in [2.45, 2.75) is 52.4 Å². The number of carboxylic acids is 1. The Morgan fingerprint density at radius 3 is 2.15 bits per heavy atom. The number of aliphatic hydroxyl groups excluding tert-OH is 1. The van der Waals surface area contributed by atoms with Crippen molar-refractivity contribution in [3.05, 3.63) is 0 Å². The predicted octanol–water partition coefficient (Wildman–Crippen LogP) is 1.79. The summed E-state index contributed by atoms with van der Waals surface area (Å²) < 4.78 is 0. The smallest absolute Gasteiger partial charge is 0.307 e. The molecule has 0 heterocycles. The monoisotopic (exact) mass is 285 g/mol. The first kappa shape index (κ1) is 17.0. The normalized spacial score (nSPS) is 23.4. The van der Waals surface area contributed by atoms with E-state index < -0.39 is 17.8 Å². The summed E-state index contributed by atoms with van der Waals surface area (Å²) in [4.78, 5) is 23.5. The second-order valence-electron chi connectivity index (χ2n) is 5.92. The Bertz CT molecular complexity index is 331. The lowest BCUT2D eigenvalue weighted by atomic mass is 9.78. The first-order valence-electron chi connectivity index (χ1n) is 7.61. The lowest BCUT2D eigenvalue weighted by Gasteiger charge is -2.32. The molecule has 20 heavy (non-hydrogen) atoms. The number of rotatable bonds is 7. The van der Waals surface area contributed by atoms with Gasteiger partial charge in [0, 0.05) is 12.0 Å². The highest BCUT2D eigenvalue weighted by molar-refractivity contribution is 5.84. The molecule has 116 valence electrons. The van der Waals surface area contributed by atoms with Crippen LogP contribution in [0, 0.1) is 17.3 Å². The van der Waals surface area contributed by atoms with E-state index >= 15 is 0 Å². The van der Waals surface area contributed by atoms with E-state index in [-0.39, 0.29) is 17.9 Å². The molecular formula is C15H27NO4. The second kappa shape index (κ2) is 7.62. The molecule has 1 aliphatic rings. The number of amides is 1. The average molecular weight is 285 g/mol. The van der Waals surface area contributed by atoms with Crippen molar-refractivity contribution in [2.75, 3.05) is 13.2 Å². The molecule has 2 atom stereocenters. The molecule has 1 fully saturated rings. The lowest BCUT2D eigenvalue weighted by molar-refractivity contribution is -0.149. The van der Waals surface area contributed by atoms with Gasteiger partial charge in [-0.25, -0.2) is 0 Å². The van der Waals surface area contributed by atoms with Gasteiger partial charge in [0.15, 0.2) is 0 Å². The van der Waals surface area contributed by atoms with Crippen molar-refractivity contribution in [1.29, 1.82) is 0 Å². The third kappa shape index (κ3) is 3.95. The summed E-state index contributed by atoms with van der Waals surface area (Å²) in [6.07, 6.45) is 4.59. The molecule has 0 bridgehead atoms. The topological polar surface area (TPSA) is 86.6 Å². The molecule has 3 N–H and O–H groups in total. The Hall–Kier alpha value is -1.10. The Labute approximate surface area is 120 Å². The standard InChI is InChI=1S/C15H27NO4/c1-3-15(4-2,10-17)9-16-13(18)11-7-5-6-8-12(11)14(19)20/h11-12,17H,3-10H2,1-2H3,(H,16,18)(H,19,20)/t11-,12+/m1/s1. The van der Waals surface area contributed by atoms with Crippen molar-refractivity contribution in [3.63, 3.8) is 0 Å². The van der Waals surface area contributed by atoms with Gasteiger partial charge in [-0.15, -0.1) is 0 Å². The SMILES string of the molecule is CCC(CC)(CO)CNC(=O)[C@@H]1CCCC[C@@H]1C(=O)O. The highest BCUT2D eigenvalue weighted by atomic mass is 16.4. The van der Waals surface area contributed by atoms with Gasteiger partial charge in [-0.3, -0.25) is 9.59 Å². The molecule has 1 saturated carbocycles. The van der Waals surface area contributed by atoms with Crippen LogP contribution in [0.2, 0.25) is 0 Å². The molecule has 5 nitrogen and oxygen atoms in total. The van der Waals surface area contributed by atoms with Crippen LogP contribution in [0.15, 0.2) is 0 Å². The van der Waals surface area contributed by atoms with E-state index in [4.69, 9.17) is 0 Å². The molecule has 0 aromatic heterocycles. The van der Waals surface area contributed by atoms with Gasteiger partial charge < -0.3 is 15.5 Å². The first-order chi connectivity index (χ1) is 9.49. The van der Waals surface area contributed by atoms with Crippen molar-refractivity contribution < 1.29 is 19.8 Å². The van der Waals surface area contributed by atoms with Gasteiger partial charge >= 0.3 is 5.97 Å². The molecule has 0 aliphatic heterocycles. The molecule has 1 amide bonds. The fourth-order valence-electron chi connectivity index (χ4n) is 2.93. The number of carbonyl (C=O) groups is 2. The van der Waals surface area contributed by atoms with Crippen LogP contribution in [0.3, 0.4) is 0 Å². The van der Waals surface area contributed by atoms with E-state index in [1.807, 2.05) is 13.8 Å². The third-order valence-corrected chi connectivity index (χ3v) is 4.89. The molecular weight excluding hydrogens is 258 g/mol. The van der Waals surface area contributed by atoms with E-state index in [0.29, 0.717) is 19.4 Å². The van der Waals surface area contributed by atoms with Crippen LogP contribution in [0.5, 0.6) is 0 Å². The van der Waals surface area contributed by atoms with Crippen molar-refractivity contribution in [2.24, 2.45) is 17.3 Å². The van der Waals surface area contributed by atoms with E-state index in [9.17, 15) is 19.8 Å². The van der Waals surface area contributed by atoms with E-state index in [0.717, 1.165) is 25.7 Å². The number of hydrogen-bond acceptors (Lipinski definition) is 3. The highest BCUT2D eigenvalue weighted by Gasteiger charge is 2.36. The molecule has 0 spiro atoms. The van der Waals surface area contributed by atoms with Crippen LogP contribution in [0.4, 0.5) is 0 Å². The zero-order valence-corrected chi connectivity index (χ0v) is 12.5. The van der Waals surface area contributed by atoms with E-state index in [2.05, 4.69) is 5.32 Å². The molecule has 0 unspecified atom stereocenters. The minimum absolute atomic E-state index is 0.0350. The lowest BCUT2D eigenvalue weighted by Crippen LogP contribution is -2.45. The maximum absolute atomic E-state index is 12.3. The summed E-state index contributed by atoms with van der Waals surface area (Å²) in [6.45, 7) is 4.44.